The Hall–Kier alpha value is -1.92. The van der Waals surface area contributed by atoms with Gasteiger partial charge in [0.1, 0.15) is 17.4 Å². The van der Waals surface area contributed by atoms with E-state index in [9.17, 15) is 0 Å². The fourth-order valence-electron chi connectivity index (χ4n) is 3.64. The Morgan fingerprint density at radius 2 is 2.04 bits per heavy atom. The van der Waals surface area contributed by atoms with Gasteiger partial charge in [-0.15, -0.1) is 10.2 Å². The topological polar surface area (TPSA) is 46.4 Å². The van der Waals surface area contributed by atoms with E-state index in [0.717, 1.165) is 43.6 Å². The maximum absolute atomic E-state index is 5.50. The Labute approximate surface area is 150 Å². The van der Waals surface area contributed by atoms with Crippen LogP contribution in [0.1, 0.15) is 36.0 Å². The third-order valence-electron chi connectivity index (χ3n) is 4.91. The maximum Gasteiger partial charge on any atom is 0.146 e. The molecule has 136 valence electrons. The molecule has 0 N–H and O–H groups in total. The minimum Gasteiger partial charge on any atom is -0.496 e. The first-order chi connectivity index (χ1) is 12.1. The third kappa shape index (κ3) is 4.19. The minimum absolute atomic E-state index is 0.442. The molecule has 2 aromatic rings. The molecule has 1 aliphatic rings. The van der Waals surface area contributed by atoms with E-state index in [1.165, 1.54) is 18.4 Å². The smallest absolute Gasteiger partial charge is 0.146 e. The molecule has 2 heterocycles. The molecule has 1 aromatic heterocycles. The molecule has 0 bridgehead atoms. The van der Waals surface area contributed by atoms with Gasteiger partial charge in [0.2, 0.25) is 0 Å². The van der Waals surface area contributed by atoms with E-state index < -0.39 is 0 Å². The lowest BCUT2D eigenvalue weighted by molar-refractivity contribution is 0.193. The lowest BCUT2D eigenvalue weighted by Gasteiger charge is -2.32. The molecule has 25 heavy (non-hydrogen) atoms. The normalized spacial score (nSPS) is 18.7. The highest BCUT2D eigenvalue weighted by atomic mass is 16.5. The van der Waals surface area contributed by atoms with Crippen molar-refractivity contribution in [1.29, 1.82) is 0 Å². The molecule has 1 atom stereocenters. The summed E-state index contributed by atoms with van der Waals surface area (Å²) in [6, 6.07) is 8.29. The van der Waals surface area contributed by atoms with Crippen LogP contribution in [0.25, 0.3) is 0 Å². The standard InChI is InChI=1S/C19H29N5O/c1-22(2)14-18-20-21-19(23(18)3)16-9-7-11-24(13-16)12-15-8-5-6-10-17(15)25-4/h5-6,8,10,16H,7,9,11-14H2,1-4H3. The molecule has 0 saturated carbocycles. The average Bonchev–Trinajstić information content (AvgIpc) is 2.96. The van der Waals surface area contributed by atoms with Crippen molar-refractivity contribution < 1.29 is 4.74 Å². The van der Waals surface area contributed by atoms with Gasteiger partial charge in [0.05, 0.1) is 13.7 Å². The van der Waals surface area contributed by atoms with E-state index in [0.29, 0.717) is 5.92 Å². The van der Waals surface area contributed by atoms with Crippen LogP contribution in [0.3, 0.4) is 0 Å². The van der Waals surface area contributed by atoms with Crippen molar-refractivity contribution in [2.45, 2.75) is 31.8 Å². The number of methoxy groups -OCH3 is 1. The first-order valence-corrected chi connectivity index (χ1v) is 8.95. The number of ether oxygens (including phenoxy) is 1. The summed E-state index contributed by atoms with van der Waals surface area (Å²) >= 11 is 0. The van der Waals surface area contributed by atoms with Crippen LogP contribution < -0.4 is 4.74 Å². The first-order valence-electron chi connectivity index (χ1n) is 8.95. The van der Waals surface area contributed by atoms with E-state index in [4.69, 9.17) is 4.74 Å². The van der Waals surface area contributed by atoms with Crippen LogP contribution in [-0.2, 0) is 20.1 Å². The van der Waals surface area contributed by atoms with Gasteiger partial charge in [-0.25, -0.2) is 0 Å². The fourth-order valence-corrected chi connectivity index (χ4v) is 3.64. The van der Waals surface area contributed by atoms with E-state index in [2.05, 4.69) is 57.8 Å². The summed E-state index contributed by atoms with van der Waals surface area (Å²) in [7, 11) is 7.95. The summed E-state index contributed by atoms with van der Waals surface area (Å²) in [6.07, 6.45) is 2.37. The number of aromatic nitrogens is 3. The van der Waals surface area contributed by atoms with Gasteiger partial charge in [0, 0.05) is 31.6 Å². The number of benzene rings is 1. The highest BCUT2D eigenvalue weighted by Gasteiger charge is 2.26. The molecule has 0 amide bonds. The summed E-state index contributed by atoms with van der Waals surface area (Å²) in [5, 5.41) is 8.90. The Morgan fingerprint density at radius 1 is 1.24 bits per heavy atom. The van der Waals surface area contributed by atoms with E-state index in [-0.39, 0.29) is 0 Å². The lowest BCUT2D eigenvalue weighted by atomic mass is 9.96. The van der Waals surface area contributed by atoms with Gasteiger partial charge in [0.25, 0.3) is 0 Å². The number of rotatable bonds is 6. The Kier molecular flexibility index (Phi) is 5.71. The zero-order chi connectivity index (χ0) is 17.8. The number of hydrogen-bond acceptors (Lipinski definition) is 5. The zero-order valence-corrected chi connectivity index (χ0v) is 15.8. The van der Waals surface area contributed by atoms with Crippen LogP contribution >= 0.6 is 0 Å². The van der Waals surface area contributed by atoms with Crippen LogP contribution in [0, 0.1) is 0 Å². The average molecular weight is 343 g/mol. The SMILES string of the molecule is COc1ccccc1CN1CCCC(c2nnc(CN(C)C)n2C)C1. The first kappa shape index (κ1) is 17.9. The van der Waals surface area contributed by atoms with Crippen molar-refractivity contribution in [2.75, 3.05) is 34.3 Å². The molecule has 1 fully saturated rings. The monoisotopic (exact) mass is 343 g/mol. The van der Waals surface area contributed by atoms with Crippen LogP contribution in [0.4, 0.5) is 0 Å². The molecule has 6 heteroatoms. The molecule has 0 spiro atoms. The quantitative estimate of drug-likeness (QED) is 0.805. The van der Waals surface area contributed by atoms with E-state index in [1.54, 1.807) is 7.11 Å². The summed E-state index contributed by atoms with van der Waals surface area (Å²) in [6.45, 7) is 3.88. The van der Waals surface area contributed by atoms with Crippen molar-refractivity contribution in [3.8, 4) is 5.75 Å². The molecular weight excluding hydrogens is 314 g/mol. The van der Waals surface area contributed by atoms with E-state index in [1.807, 2.05) is 12.1 Å². The summed E-state index contributed by atoms with van der Waals surface area (Å²) in [4.78, 5) is 4.63. The maximum atomic E-state index is 5.50. The number of nitrogens with zero attached hydrogens (tertiary/aromatic N) is 5. The molecule has 6 nitrogen and oxygen atoms in total. The van der Waals surface area contributed by atoms with Gasteiger partial charge < -0.3 is 14.2 Å². The Morgan fingerprint density at radius 3 is 2.80 bits per heavy atom. The van der Waals surface area contributed by atoms with Gasteiger partial charge >= 0.3 is 0 Å². The van der Waals surface area contributed by atoms with Crippen molar-refractivity contribution in [3.05, 3.63) is 41.5 Å². The number of hydrogen-bond donors (Lipinski definition) is 0. The predicted octanol–water partition coefficient (Wildman–Crippen LogP) is 2.26. The molecule has 1 aromatic carbocycles. The molecular formula is C19H29N5O. The fraction of sp³-hybridized carbons (Fsp3) is 0.579. The van der Waals surface area contributed by atoms with Gasteiger partial charge in [-0.2, -0.15) is 0 Å². The van der Waals surface area contributed by atoms with E-state index >= 15 is 0 Å². The van der Waals surface area contributed by atoms with Crippen LogP contribution in [0.2, 0.25) is 0 Å². The number of likely N-dealkylation sites (tertiary alicyclic amines) is 1. The van der Waals surface area contributed by atoms with Crippen molar-refractivity contribution in [2.24, 2.45) is 7.05 Å². The highest BCUT2D eigenvalue weighted by molar-refractivity contribution is 5.33. The van der Waals surface area contributed by atoms with Gasteiger partial charge in [0.15, 0.2) is 0 Å². The Balaban J connectivity index is 1.70. The van der Waals surface area contributed by atoms with Crippen molar-refractivity contribution >= 4 is 0 Å². The zero-order valence-electron chi connectivity index (χ0n) is 15.8. The van der Waals surface area contributed by atoms with Crippen LogP contribution in [0.5, 0.6) is 5.75 Å². The summed E-state index contributed by atoms with van der Waals surface area (Å²) in [5.74, 6) is 3.55. The minimum atomic E-state index is 0.442. The largest absolute Gasteiger partial charge is 0.496 e. The Bertz CT molecular complexity index is 697. The molecule has 1 unspecified atom stereocenters. The molecule has 0 radical (unpaired) electrons. The van der Waals surface area contributed by atoms with Gasteiger partial charge in [-0.1, -0.05) is 18.2 Å². The summed E-state index contributed by atoms with van der Waals surface area (Å²) in [5.41, 5.74) is 1.25. The molecule has 1 aliphatic heterocycles. The second kappa shape index (κ2) is 7.97. The second-order valence-corrected chi connectivity index (χ2v) is 7.16. The number of para-hydroxylation sites is 1. The van der Waals surface area contributed by atoms with Gasteiger partial charge in [-0.3, -0.25) is 4.90 Å². The van der Waals surface area contributed by atoms with Crippen molar-refractivity contribution in [3.63, 3.8) is 0 Å². The van der Waals surface area contributed by atoms with Gasteiger partial charge in [-0.05, 0) is 39.5 Å². The third-order valence-corrected chi connectivity index (χ3v) is 4.91. The molecule has 0 aliphatic carbocycles. The van der Waals surface area contributed by atoms with Crippen molar-refractivity contribution in [1.82, 2.24) is 24.6 Å². The van der Waals surface area contributed by atoms with Crippen LogP contribution in [0.15, 0.2) is 24.3 Å². The second-order valence-electron chi connectivity index (χ2n) is 7.16. The highest BCUT2D eigenvalue weighted by Crippen LogP contribution is 2.28. The predicted molar refractivity (Wildman–Crippen MR) is 98.6 cm³/mol. The lowest BCUT2D eigenvalue weighted by Crippen LogP contribution is -2.35. The van der Waals surface area contributed by atoms with Crippen LogP contribution in [-0.4, -0.2) is 58.9 Å². The summed E-state index contributed by atoms with van der Waals surface area (Å²) < 4.78 is 7.68. The number of piperidine rings is 1. The molecule has 3 rings (SSSR count). The molecule has 1 saturated heterocycles.